The molecule has 4 heteroatoms. The van der Waals surface area contributed by atoms with E-state index >= 15 is 0 Å². The third kappa shape index (κ3) is 4.05. The fourth-order valence-electron chi connectivity index (χ4n) is 3.79. The Morgan fingerprint density at radius 2 is 1.91 bits per heavy atom. The molecule has 2 unspecified atom stereocenters. The van der Waals surface area contributed by atoms with Gasteiger partial charge in [0.25, 0.3) is 0 Å². The molecule has 3 nitrogen and oxygen atoms in total. The number of hydrogen-bond acceptors (Lipinski definition) is 3. The maximum absolute atomic E-state index is 9.92. The second-order valence-electron chi connectivity index (χ2n) is 8.13. The summed E-state index contributed by atoms with van der Waals surface area (Å²) in [5, 5.41) is 9.92. The zero-order chi connectivity index (χ0) is 17.1. The SMILES string of the molecule is C[SiH](C)OCC1(C(C)(C)C)CCC(CO)N1Cc1ccccc1. The van der Waals surface area contributed by atoms with E-state index in [1.807, 2.05) is 0 Å². The van der Waals surface area contributed by atoms with E-state index in [0.717, 1.165) is 26.0 Å². The number of rotatable bonds is 6. The summed E-state index contributed by atoms with van der Waals surface area (Å²) in [6.45, 7) is 13.3. The van der Waals surface area contributed by atoms with Gasteiger partial charge in [0.2, 0.25) is 0 Å². The van der Waals surface area contributed by atoms with Crippen LogP contribution in [-0.2, 0) is 11.0 Å². The Morgan fingerprint density at radius 1 is 1.26 bits per heavy atom. The van der Waals surface area contributed by atoms with Crippen LogP contribution >= 0.6 is 0 Å². The molecule has 0 bridgehead atoms. The highest BCUT2D eigenvalue weighted by Gasteiger charge is 2.53. The van der Waals surface area contributed by atoms with Gasteiger partial charge in [0.15, 0.2) is 9.04 Å². The van der Waals surface area contributed by atoms with Crippen LogP contribution < -0.4 is 0 Å². The van der Waals surface area contributed by atoms with Crippen molar-refractivity contribution in [1.82, 2.24) is 4.90 Å². The number of aliphatic hydroxyl groups excluding tert-OH is 1. The van der Waals surface area contributed by atoms with Crippen molar-refractivity contribution in [3.63, 3.8) is 0 Å². The molecule has 1 aromatic carbocycles. The van der Waals surface area contributed by atoms with Crippen molar-refractivity contribution in [2.75, 3.05) is 13.2 Å². The van der Waals surface area contributed by atoms with E-state index in [4.69, 9.17) is 4.43 Å². The van der Waals surface area contributed by atoms with Gasteiger partial charge < -0.3 is 9.53 Å². The van der Waals surface area contributed by atoms with Gasteiger partial charge in [-0.05, 0) is 36.9 Å². The molecule has 0 spiro atoms. The number of aliphatic hydroxyl groups is 1. The molecular weight excluding hydrogens is 302 g/mol. The van der Waals surface area contributed by atoms with Gasteiger partial charge in [0, 0.05) is 18.1 Å². The summed E-state index contributed by atoms with van der Waals surface area (Å²) >= 11 is 0. The number of hydrogen-bond donors (Lipinski definition) is 1. The topological polar surface area (TPSA) is 32.7 Å². The lowest BCUT2D eigenvalue weighted by Crippen LogP contribution is -2.59. The third-order valence-corrected chi connectivity index (χ3v) is 6.17. The van der Waals surface area contributed by atoms with E-state index in [2.05, 4.69) is 69.1 Å². The molecule has 1 aromatic rings. The Hall–Kier alpha value is -0.683. The Balaban J connectivity index is 2.33. The van der Waals surface area contributed by atoms with Crippen molar-refractivity contribution in [1.29, 1.82) is 0 Å². The van der Waals surface area contributed by atoms with E-state index in [1.54, 1.807) is 0 Å². The molecule has 2 rings (SSSR count). The zero-order valence-corrected chi connectivity index (χ0v) is 16.5. The molecule has 1 N–H and O–H groups in total. The number of likely N-dealkylation sites (tertiary alicyclic amines) is 1. The molecule has 23 heavy (non-hydrogen) atoms. The standard InChI is InChI=1S/C19H33NO2Si/c1-18(2,3)19(15-22-23(4)5)12-11-17(14-21)20(19)13-16-9-7-6-8-10-16/h6-10,17,21,23H,11-15H2,1-5H3. The summed E-state index contributed by atoms with van der Waals surface area (Å²) in [6, 6.07) is 10.8. The minimum absolute atomic E-state index is 0.00644. The Labute approximate surface area is 143 Å². The maximum atomic E-state index is 9.92. The smallest absolute Gasteiger partial charge is 0.170 e. The molecular formula is C19H33NO2Si. The van der Waals surface area contributed by atoms with Gasteiger partial charge in [0.1, 0.15) is 0 Å². The first-order valence-electron chi connectivity index (χ1n) is 8.83. The molecule has 0 aromatic heterocycles. The molecule has 1 fully saturated rings. The molecule has 1 saturated heterocycles. The summed E-state index contributed by atoms with van der Waals surface area (Å²) in [6.07, 6.45) is 2.14. The quantitative estimate of drug-likeness (QED) is 0.809. The summed E-state index contributed by atoms with van der Waals surface area (Å²) < 4.78 is 6.23. The summed E-state index contributed by atoms with van der Waals surface area (Å²) in [5.74, 6) is 0. The lowest BCUT2D eigenvalue weighted by atomic mass is 9.72. The van der Waals surface area contributed by atoms with Gasteiger partial charge in [-0.15, -0.1) is 0 Å². The van der Waals surface area contributed by atoms with Crippen LogP contribution in [0.1, 0.15) is 39.2 Å². The molecule has 0 aliphatic carbocycles. The minimum Gasteiger partial charge on any atom is -0.419 e. The predicted octanol–water partition coefficient (Wildman–Crippen LogP) is 3.43. The first-order chi connectivity index (χ1) is 10.8. The average Bonchev–Trinajstić information content (AvgIpc) is 2.85. The van der Waals surface area contributed by atoms with E-state index in [0.29, 0.717) is 0 Å². The molecule has 0 radical (unpaired) electrons. The molecule has 1 aliphatic heterocycles. The molecule has 2 atom stereocenters. The van der Waals surface area contributed by atoms with Crippen LogP contribution in [0.15, 0.2) is 30.3 Å². The van der Waals surface area contributed by atoms with E-state index < -0.39 is 9.04 Å². The minimum atomic E-state index is -1.07. The van der Waals surface area contributed by atoms with E-state index in [1.165, 1.54) is 5.56 Å². The van der Waals surface area contributed by atoms with Gasteiger partial charge >= 0.3 is 0 Å². The molecule has 130 valence electrons. The van der Waals surface area contributed by atoms with E-state index in [-0.39, 0.29) is 23.6 Å². The van der Waals surface area contributed by atoms with Crippen LogP contribution in [0.2, 0.25) is 13.1 Å². The van der Waals surface area contributed by atoms with Crippen LogP contribution in [0.3, 0.4) is 0 Å². The molecule has 0 saturated carbocycles. The molecule has 1 heterocycles. The van der Waals surface area contributed by atoms with Crippen molar-refractivity contribution >= 4 is 9.04 Å². The largest absolute Gasteiger partial charge is 0.419 e. The Morgan fingerprint density at radius 3 is 2.43 bits per heavy atom. The zero-order valence-electron chi connectivity index (χ0n) is 15.4. The molecule has 1 aliphatic rings. The van der Waals surface area contributed by atoms with Gasteiger partial charge in [0.05, 0.1) is 13.2 Å². The van der Waals surface area contributed by atoms with Crippen LogP contribution in [0.4, 0.5) is 0 Å². The van der Waals surface area contributed by atoms with Crippen molar-refractivity contribution in [3.05, 3.63) is 35.9 Å². The summed E-state index contributed by atoms with van der Waals surface area (Å²) in [7, 11) is -1.07. The lowest BCUT2D eigenvalue weighted by molar-refractivity contribution is -0.0434. The highest BCUT2D eigenvalue weighted by atomic mass is 28.3. The Bertz CT molecular complexity index is 486. The van der Waals surface area contributed by atoms with Crippen LogP contribution in [0, 0.1) is 5.41 Å². The van der Waals surface area contributed by atoms with Crippen LogP contribution in [-0.4, -0.2) is 43.8 Å². The van der Waals surface area contributed by atoms with Gasteiger partial charge in [-0.2, -0.15) is 0 Å². The third-order valence-electron chi connectivity index (χ3n) is 5.34. The first kappa shape index (κ1) is 18.7. The average molecular weight is 336 g/mol. The predicted molar refractivity (Wildman–Crippen MR) is 99.1 cm³/mol. The summed E-state index contributed by atoms with van der Waals surface area (Å²) in [5.41, 5.74) is 1.41. The fraction of sp³-hybridized carbons (Fsp3) is 0.684. The number of nitrogens with zero attached hydrogens (tertiary/aromatic N) is 1. The van der Waals surface area contributed by atoms with Gasteiger partial charge in [-0.3, -0.25) is 4.90 Å². The van der Waals surface area contributed by atoms with Gasteiger partial charge in [-0.25, -0.2) is 0 Å². The van der Waals surface area contributed by atoms with Crippen molar-refractivity contribution < 1.29 is 9.53 Å². The van der Waals surface area contributed by atoms with Crippen LogP contribution in [0.5, 0.6) is 0 Å². The van der Waals surface area contributed by atoms with E-state index in [9.17, 15) is 5.11 Å². The fourth-order valence-corrected chi connectivity index (χ4v) is 4.40. The van der Waals surface area contributed by atoms with Crippen molar-refractivity contribution in [2.45, 2.75) is 64.8 Å². The Kier molecular flexibility index (Phi) is 6.06. The lowest BCUT2D eigenvalue weighted by Gasteiger charge is -2.50. The van der Waals surface area contributed by atoms with Crippen molar-refractivity contribution in [2.24, 2.45) is 5.41 Å². The number of benzene rings is 1. The maximum Gasteiger partial charge on any atom is 0.170 e. The first-order valence-corrected chi connectivity index (χ1v) is 11.6. The highest BCUT2D eigenvalue weighted by Crippen LogP contribution is 2.47. The second kappa shape index (κ2) is 7.47. The van der Waals surface area contributed by atoms with Crippen molar-refractivity contribution in [3.8, 4) is 0 Å². The molecule has 0 amide bonds. The summed E-state index contributed by atoms with van der Waals surface area (Å²) in [4.78, 5) is 2.53. The van der Waals surface area contributed by atoms with Gasteiger partial charge in [-0.1, -0.05) is 51.1 Å². The monoisotopic (exact) mass is 335 g/mol. The highest BCUT2D eigenvalue weighted by molar-refractivity contribution is 6.48. The second-order valence-corrected chi connectivity index (χ2v) is 10.6. The van der Waals surface area contributed by atoms with Crippen LogP contribution in [0.25, 0.3) is 0 Å². The normalized spacial score (nSPS) is 26.1.